The van der Waals surface area contributed by atoms with Crippen LogP contribution in [0.15, 0.2) is 0 Å². The predicted octanol–water partition coefficient (Wildman–Crippen LogP) is 3.53. The van der Waals surface area contributed by atoms with E-state index in [-0.39, 0.29) is 15.9 Å². The number of halogens is 1. The highest BCUT2D eigenvalue weighted by Gasteiger charge is 2.37. The molecule has 2 aliphatic rings. The number of rotatable bonds is 2. The van der Waals surface area contributed by atoms with Gasteiger partial charge in [-0.25, -0.2) is 8.42 Å². The molecule has 2 aliphatic carbocycles. The molecule has 0 unspecified atom stereocenters. The van der Waals surface area contributed by atoms with Crippen molar-refractivity contribution in [3.8, 4) is 0 Å². The van der Waals surface area contributed by atoms with Crippen LogP contribution in [0.5, 0.6) is 0 Å². The van der Waals surface area contributed by atoms with Crippen LogP contribution in [0.2, 0.25) is 0 Å². The molecule has 2 nitrogen and oxygen atoms in total. The fraction of sp³-hybridized carbons (Fsp3) is 1.00. The van der Waals surface area contributed by atoms with E-state index in [4.69, 9.17) is 11.6 Å². The van der Waals surface area contributed by atoms with E-state index in [1.807, 2.05) is 0 Å². The van der Waals surface area contributed by atoms with Crippen molar-refractivity contribution in [1.82, 2.24) is 0 Å². The summed E-state index contributed by atoms with van der Waals surface area (Å²) >= 11 is 6.04. The number of sulfone groups is 1. The van der Waals surface area contributed by atoms with E-state index in [1.54, 1.807) is 0 Å². The Kier molecular flexibility index (Phi) is 4.40. The molecule has 0 aliphatic heterocycles. The Balaban J connectivity index is 1.98. The lowest BCUT2D eigenvalue weighted by atomic mass is 9.91. The van der Waals surface area contributed by atoms with Crippen LogP contribution in [0.3, 0.4) is 0 Å². The van der Waals surface area contributed by atoms with Gasteiger partial charge in [0.1, 0.15) is 0 Å². The van der Waals surface area contributed by atoms with Gasteiger partial charge in [-0.1, -0.05) is 6.92 Å². The van der Waals surface area contributed by atoms with Crippen LogP contribution < -0.4 is 0 Å². The monoisotopic (exact) mass is 278 g/mol. The molecule has 0 saturated heterocycles. The number of alkyl halides is 1. The SMILES string of the molecule is CC1CCC(S(=O)(=O)C2CCC(Cl)CC2)CC1. The Labute approximate surface area is 110 Å². The van der Waals surface area contributed by atoms with Crippen LogP contribution in [-0.4, -0.2) is 24.3 Å². The summed E-state index contributed by atoms with van der Waals surface area (Å²) in [6.45, 7) is 2.22. The second kappa shape index (κ2) is 5.48. The van der Waals surface area contributed by atoms with Crippen molar-refractivity contribution in [2.24, 2.45) is 5.92 Å². The van der Waals surface area contributed by atoms with Gasteiger partial charge in [0, 0.05) is 5.38 Å². The molecule has 17 heavy (non-hydrogen) atoms. The molecule has 100 valence electrons. The summed E-state index contributed by atoms with van der Waals surface area (Å²) in [5.41, 5.74) is 0. The molecule has 0 amide bonds. The van der Waals surface area contributed by atoms with E-state index >= 15 is 0 Å². The van der Waals surface area contributed by atoms with Gasteiger partial charge in [-0.2, -0.15) is 0 Å². The zero-order valence-electron chi connectivity index (χ0n) is 10.6. The molecule has 0 aromatic carbocycles. The second-order valence-electron chi connectivity index (χ2n) is 5.84. The fourth-order valence-electron chi connectivity index (χ4n) is 3.18. The van der Waals surface area contributed by atoms with Gasteiger partial charge >= 0.3 is 0 Å². The maximum absolute atomic E-state index is 12.5. The third-order valence-corrected chi connectivity index (χ3v) is 7.73. The third-order valence-electron chi connectivity index (χ3n) is 4.50. The summed E-state index contributed by atoms with van der Waals surface area (Å²) in [7, 11) is -2.89. The Bertz CT molecular complexity index is 308. The lowest BCUT2D eigenvalue weighted by Crippen LogP contribution is -2.37. The molecule has 0 radical (unpaired) electrons. The highest BCUT2D eigenvalue weighted by molar-refractivity contribution is 7.92. The molecule has 0 heterocycles. The van der Waals surface area contributed by atoms with E-state index in [0.29, 0.717) is 5.92 Å². The minimum Gasteiger partial charge on any atom is -0.228 e. The first kappa shape index (κ1) is 13.7. The Morgan fingerprint density at radius 3 is 1.71 bits per heavy atom. The van der Waals surface area contributed by atoms with Crippen molar-refractivity contribution in [2.75, 3.05) is 0 Å². The first-order chi connectivity index (χ1) is 8.00. The van der Waals surface area contributed by atoms with E-state index < -0.39 is 9.84 Å². The van der Waals surface area contributed by atoms with Gasteiger partial charge in [0.05, 0.1) is 10.5 Å². The van der Waals surface area contributed by atoms with E-state index in [0.717, 1.165) is 51.4 Å². The molecule has 0 aromatic rings. The topological polar surface area (TPSA) is 34.1 Å². The van der Waals surface area contributed by atoms with Crippen molar-refractivity contribution < 1.29 is 8.42 Å². The molecule has 2 rings (SSSR count). The predicted molar refractivity (Wildman–Crippen MR) is 72.2 cm³/mol. The summed E-state index contributed by atoms with van der Waals surface area (Å²) in [6.07, 6.45) is 7.21. The quantitative estimate of drug-likeness (QED) is 0.724. The summed E-state index contributed by atoms with van der Waals surface area (Å²) in [5, 5.41) is 0.0410. The smallest absolute Gasteiger partial charge is 0.156 e. The fourth-order valence-corrected chi connectivity index (χ4v) is 5.84. The highest BCUT2D eigenvalue weighted by atomic mass is 35.5. The molecule has 0 atom stereocenters. The molecule has 0 bridgehead atoms. The molecule has 2 saturated carbocycles. The Morgan fingerprint density at radius 1 is 0.824 bits per heavy atom. The minimum absolute atomic E-state index is 0.0597. The average Bonchev–Trinajstić information content (AvgIpc) is 2.30. The van der Waals surface area contributed by atoms with Crippen molar-refractivity contribution in [2.45, 2.75) is 74.2 Å². The minimum atomic E-state index is -2.89. The number of hydrogen-bond donors (Lipinski definition) is 0. The maximum atomic E-state index is 12.5. The molecular formula is C13H23ClO2S. The summed E-state index contributed by atoms with van der Waals surface area (Å²) < 4.78 is 25.0. The first-order valence-corrected chi connectivity index (χ1v) is 8.91. The molecule has 4 heteroatoms. The molecule has 0 spiro atoms. The van der Waals surface area contributed by atoms with E-state index in [1.165, 1.54) is 0 Å². The average molecular weight is 279 g/mol. The lowest BCUT2D eigenvalue weighted by molar-refractivity contribution is 0.377. The lowest BCUT2D eigenvalue weighted by Gasteiger charge is -2.32. The van der Waals surface area contributed by atoms with Gasteiger partial charge in [0.25, 0.3) is 0 Å². The Hall–Kier alpha value is 0.240. The van der Waals surface area contributed by atoms with Crippen LogP contribution in [0.1, 0.15) is 58.3 Å². The van der Waals surface area contributed by atoms with Crippen LogP contribution in [-0.2, 0) is 9.84 Å². The standard InChI is InChI=1S/C13H23ClO2S/c1-10-2-6-12(7-3-10)17(15,16)13-8-4-11(14)5-9-13/h10-13H,2-9H2,1H3. The van der Waals surface area contributed by atoms with Crippen molar-refractivity contribution in [1.29, 1.82) is 0 Å². The van der Waals surface area contributed by atoms with Gasteiger partial charge in [-0.3, -0.25) is 0 Å². The van der Waals surface area contributed by atoms with Crippen LogP contribution in [0.4, 0.5) is 0 Å². The van der Waals surface area contributed by atoms with Crippen molar-refractivity contribution >= 4 is 21.4 Å². The molecular weight excluding hydrogens is 256 g/mol. The van der Waals surface area contributed by atoms with Gasteiger partial charge in [0.2, 0.25) is 0 Å². The number of hydrogen-bond acceptors (Lipinski definition) is 2. The van der Waals surface area contributed by atoms with E-state index in [9.17, 15) is 8.42 Å². The highest BCUT2D eigenvalue weighted by Crippen LogP contribution is 2.35. The largest absolute Gasteiger partial charge is 0.228 e. The Morgan fingerprint density at radius 2 is 1.24 bits per heavy atom. The second-order valence-corrected chi connectivity index (χ2v) is 8.97. The van der Waals surface area contributed by atoms with Gasteiger partial charge < -0.3 is 0 Å². The van der Waals surface area contributed by atoms with Gasteiger partial charge in [-0.05, 0) is 57.3 Å². The van der Waals surface area contributed by atoms with Crippen LogP contribution in [0.25, 0.3) is 0 Å². The molecule has 2 fully saturated rings. The third kappa shape index (κ3) is 3.17. The van der Waals surface area contributed by atoms with Crippen LogP contribution >= 0.6 is 11.6 Å². The normalized spacial score (nSPS) is 40.1. The molecule has 0 N–H and O–H groups in total. The molecule has 0 aromatic heterocycles. The summed E-state index contributed by atoms with van der Waals surface area (Å²) in [5.74, 6) is 0.708. The van der Waals surface area contributed by atoms with Crippen molar-refractivity contribution in [3.05, 3.63) is 0 Å². The summed E-state index contributed by atoms with van der Waals surface area (Å²) in [6, 6.07) is 0. The van der Waals surface area contributed by atoms with E-state index in [2.05, 4.69) is 6.92 Å². The van der Waals surface area contributed by atoms with Crippen molar-refractivity contribution in [3.63, 3.8) is 0 Å². The van der Waals surface area contributed by atoms with Crippen LogP contribution in [0, 0.1) is 5.92 Å². The summed E-state index contributed by atoms with van der Waals surface area (Å²) in [4.78, 5) is 0. The first-order valence-electron chi connectivity index (χ1n) is 6.87. The zero-order chi connectivity index (χ0) is 12.5. The zero-order valence-corrected chi connectivity index (χ0v) is 12.1. The van der Waals surface area contributed by atoms with Gasteiger partial charge in [0.15, 0.2) is 9.84 Å². The maximum Gasteiger partial charge on any atom is 0.156 e. The van der Waals surface area contributed by atoms with Gasteiger partial charge in [-0.15, -0.1) is 11.6 Å².